The van der Waals surface area contributed by atoms with Crippen LogP contribution >= 0.6 is 11.6 Å². The molecule has 138 valence electrons. The highest BCUT2D eigenvalue weighted by Gasteiger charge is 2.16. The standard InChI is InChI=1S/C21H25ClN2O2/c22-20-7-2-1-6-19(20)16-8-10-17(11-9-16)21(26)23-12-4-14-24-13-3-5-18(25)15-24/h1-2,6-11,18,25H,3-5,12-15H2,(H,23,26)/t18-/m1/s1. The molecule has 1 heterocycles. The molecule has 0 saturated carbocycles. The van der Waals surface area contributed by atoms with Crippen molar-refractivity contribution >= 4 is 17.5 Å². The van der Waals surface area contributed by atoms with Gasteiger partial charge in [-0.15, -0.1) is 0 Å². The van der Waals surface area contributed by atoms with E-state index in [1.165, 1.54) is 0 Å². The van der Waals surface area contributed by atoms with Crippen LogP contribution in [0.4, 0.5) is 0 Å². The lowest BCUT2D eigenvalue weighted by Crippen LogP contribution is -2.39. The summed E-state index contributed by atoms with van der Waals surface area (Å²) in [5.41, 5.74) is 2.61. The van der Waals surface area contributed by atoms with Gasteiger partial charge in [-0.05, 0) is 56.1 Å². The number of hydrogen-bond acceptors (Lipinski definition) is 3. The highest BCUT2D eigenvalue weighted by Crippen LogP contribution is 2.27. The Kier molecular flexibility index (Phi) is 6.67. The summed E-state index contributed by atoms with van der Waals surface area (Å²) in [6.07, 6.45) is 2.63. The predicted molar refractivity (Wildman–Crippen MR) is 106 cm³/mol. The minimum atomic E-state index is -0.199. The van der Waals surface area contributed by atoms with Crippen LogP contribution in [-0.4, -0.2) is 48.2 Å². The summed E-state index contributed by atoms with van der Waals surface area (Å²) in [6.45, 7) is 3.33. The second kappa shape index (κ2) is 9.17. The number of piperidine rings is 1. The van der Waals surface area contributed by atoms with E-state index in [4.69, 9.17) is 11.6 Å². The third kappa shape index (κ3) is 5.07. The molecular weight excluding hydrogens is 348 g/mol. The van der Waals surface area contributed by atoms with Crippen LogP contribution in [0.1, 0.15) is 29.6 Å². The molecule has 1 amide bonds. The molecule has 2 aromatic rings. The van der Waals surface area contributed by atoms with Crippen molar-refractivity contribution in [3.8, 4) is 11.1 Å². The lowest BCUT2D eigenvalue weighted by molar-refractivity contribution is 0.0697. The minimum absolute atomic E-state index is 0.0608. The van der Waals surface area contributed by atoms with Gasteiger partial charge in [-0.3, -0.25) is 4.79 Å². The highest BCUT2D eigenvalue weighted by atomic mass is 35.5. The molecule has 2 N–H and O–H groups in total. The van der Waals surface area contributed by atoms with Crippen molar-refractivity contribution in [3.05, 3.63) is 59.1 Å². The molecule has 0 aliphatic carbocycles. The van der Waals surface area contributed by atoms with Crippen LogP contribution in [0.25, 0.3) is 11.1 Å². The highest BCUT2D eigenvalue weighted by molar-refractivity contribution is 6.33. The Balaban J connectivity index is 1.47. The molecule has 4 nitrogen and oxygen atoms in total. The zero-order valence-electron chi connectivity index (χ0n) is 14.8. The zero-order valence-corrected chi connectivity index (χ0v) is 15.6. The number of amides is 1. The van der Waals surface area contributed by atoms with Gasteiger partial charge in [0.25, 0.3) is 5.91 Å². The second-order valence-corrected chi connectivity index (χ2v) is 7.17. The summed E-state index contributed by atoms with van der Waals surface area (Å²) in [6, 6.07) is 15.2. The first-order valence-electron chi connectivity index (χ1n) is 9.17. The molecule has 0 radical (unpaired) electrons. The van der Waals surface area contributed by atoms with Crippen molar-refractivity contribution in [1.29, 1.82) is 0 Å². The fraction of sp³-hybridized carbons (Fsp3) is 0.381. The number of carbonyl (C=O) groups is 1. The Hall–Kier alpha value is -1.88. The third-order valence-corrected chi connectivity index (χ3v) is 5.08. The molecule has 1 aliphatic heterocycles. The van der Waals surface area contributed by atoms with Crippen molar-refractivity contribution in [2.75, 3.05) is 26.2 Å². The number of carbonyl (C=O) groups excluding carboxylic acids is 1. The molecule has 0 bridgehead atoms. The van der Waals surface area contributed by atoms with Gasteiger partial charge in [0.1, 0.15) is 0 Å². The maximum Gasteiger partial charge on any atom is 0.251 e. The predicted octanol–water partition coefficient (Wildman–Crippen LogP) is 3.58. The largest absolute Gasteiger partial charge is 0.392 e. The Morgan fingerprint density at radius 2 is 1.96 bits per heavy atom. The van der Waals surface area contributed by atoms with Crippen molar-refractivity contribution < 1.29 is 9.90 Å². The number of hydrogen-bond donors (Lipinski definition) is 2. The summed E-state index contributed by atoms with van der Waals surface area (Å²) >= 11 is 6.22. The van der Waals surface area contributed by atoms with E-state index in [-0.39, 0.29) is 12.0 Å². The van der Waals surface area contributed by atoms with Gasteiger partial charge in [0, 0.05) is 29.2 Å². The molecule has 2 aromatic carbocycles. The maximum atomic E-state index is 12.3. The molecule has 1 fully saturated rings. The number of halogens is 1. The van der Waals surface area contributed by atoms with Gasteiger partial charge in [0.05, 0.1) is 6.10 Å². The molecule has 0 spiro atoms. The molecule has 26 heavy (non-hydrogen) atoms. The van der Waals surface area contributed by atoms with E-state index in [1.807, 2.05) is 48.5 Å². The molecule has 0 aromatic heterocycles. The first-order chi connectivity index (χ1) is 12.6. The van der Waals surface area contributed by atoms with E-state index in [1.54, 1.807) is 0 Å². The van der Waals surface area contributed by atoms with Crippen LogP contribution in [-0.2, 0) is 0 Å². The van der Waals surface area contributed by atoms with Gasteiger partial charge >= 0.3 is 0 Å². The van der Waals surface area contributed by atoms with E-state index in [2.05, 4.69) is 10.2 Å². The number of β-amino-alcohol motifs (C(OH)–C–C–N with tert-alkyl or cyclic N) is 1. The van der Waals surface area contributed by atoms with Crippen LogP contribution in [0.3, 0.4) is 0 Å². The number of rotatable bonds is 6. The topological polar surface area (TPSA) is 52.6 Å². The average Bonchev–Trinajstić information content (AvgIpc) is 2.66. The normalized spacial score (nSPS) is 17.8. The summed E-state index contributed by atoms with van der Waals surface area (Å²) < 4.78 is 0. The first-order valence-corrected chi connectivity index (χ1v) is 9.55. The van der Waals surface area contributed by atoms with Crippen LogP contribution in [0.15, 0.2) is 48.5 Å². The Morgan fingerprint density at radius 3 is 2.69 bits per heavy atom. The average molecular weight is 373 g/mol. The Morgan fingerprint density at radius 1 is 1.19 bits per heavy atom. The van der Waals surface area contributed by atoms with Crippen molar-refractivity contribution in [3.63, 3.8) is 0 Å². The molecule has 5 heteroatoms. The quantitative estimate of drug-likeness (QED) is 0.762. The van der Waals surface area contributed by atoms with Gasteiger partial charge in [-0.25, -0.2) is 0 Å². The maximum absolute atomic E-state index is 12.3. The summed E-state index contributed by atoms with van der Waals surface area (Å²) in [5.74, 6) is -0.0608. The van der Waals surface area contributed by atoms with E-state index in [0.29, 0.717) is 17.1 Å². The molecular formula is C21H25ClN2O2. The minimum Gasteiger partial charge on any atom is -0.392 e. The van der Waals surface area contributed by atoms with E-state index in [0.717, 1.165) is 50.0 Å². The van der Waals surface area contributed by atoms with Crippen LogP contribution in [0, 0.1) is 0 Å². The monoisotopic (exact) mass is 372 g/mol. The third-order valence-electron chi connectivity index (χ3n) is 4.75. The smallest absolute Gasteiger partial charge is 0.251 e. The van der Waals surface area contributed by atoms with Crippen LogP contribution < -0.4 is 5.32 Å². The summed E-state index contributed by atoms with van der Waals surface area (Å²) in [7, 11) is 0. The van der Waals surface area contributed by atoms with Crippen molar-refractivity contribution in [1.82, 2.24) is 10.2 Å². The molecule has 1 saturated heterocycles. The number of aliphatic hydroxyl groups is 1. The number of aliphatic hydroxyl groups excluding tert-OH is 1. The van der Waals surface area contributed by atoms with Crippen molar-refractivity contribution in [2.45, 2.75) is 25.4 Å². The van der Waals surface area contributed by atoms with Crippen molar-refractivity contribution in [2.24, 2.45) is 0 Å². The molecule has 1 aliphatic rings. The zero-order chi connectivity index (χ0) is 18.4. The van der Waals surface area contributed by atoms with Gasteiger partial charge in [0.2, 0.25) is 0 Å². The number of nitrogens with one attached hydrogen (secondary N) is 1. The number of benzene rings is 2. The second-order valence-electron chi connectivity index (χ2n) is 6.76. The Bertz CT molecular complexity index is 733. The Labute approximate surface area is 159 Å². The number of nitrogens with zero attached hydrogens (tertiary/aromatic N) is 1. The van der Waals surface area contributed by atoms with Gasteiger partial charge in [-0.1, -0.05) is 41.9 Å². The van der Waals surface area contributed by atoms with E-state index < -0.39 is 0 Å². The first kappa shape index (κ1) is 18.9. The van der Waals surface area contributed by atoms with Crippen LogP contribution in [0.2, 0.25) is 5.02 Å². The number of likely N-dealkylation sites (tertiary alicyclic amines) is 1. The fourth-order valence-corrected chi connectivity index (χ4v) is 3.58. The van der Waals surface area contributed by atoms with E-state index in [9.17, 15) is 9.90 Å². The lowest BCUT2D eigenvalue weighted by Gasteiger charge is -2.29. The molecule has 0 unspecified atom stereocenters. The summed E-state index contributed by atoms with van der Waals surface area (Å²) in [5, 5.41) is 13.3. The SMILES string of the molecule is O=C(NCCCN1CCC[C@@H](O)C1)c1ccc(-c2ccccc2Cl)cc1. The van der Waals surface area contributed by atoms with Gasteiger partial charge in [-0.2, -0.15) is 0 Å². The summed E-state index contributed by atoms with van der Waals surface area (Å²) in [4.78, 5) is 14.5. The fourth-order valence-electron chi connectivity index (χ4n) is 3.34. The van der Waals surface area contributed by atoms with Gasteiger partial charge < -0.3 is 15.3 Å². The lowest BCUT2D eigenvalue weighted by atomic mass is 10.0. The van der Waals surface area contributed by atoms with E-state index >= 15 is 0 Å². The van der Waals surface area contributed by atoms with Crippen LogP contribution in [0.5, 0.6) is 0 Å². The molecule has 1 atom stereocenters. The van der Waals surface area contributed by atoms with Gasteiger partial charge in [0.15, 0.2) is 0 Å². The molecule has 3 rings (SSSR count).